The van der Waals surface area contributed by atoms with Gasteiger partial charge in [-0.15, -0.1) is 5.10 Å². The fourth-order valence-corrected chi connectivity index (χ4v) is 1.96. The zero-order valence-corrected chi connectivity index (χ0v) is 14.7. The molecule has 1 heterocycles. The van der Waals surface area contributed by atoms with Gasteiger partial charge in [0.15, 0.2) is 0 Å². The number of nitrogens with zero attached hydrogens (tertiary/aromatic N) is 3. The summed E-state index contributed by atoms with van der Waals surface area (Å²) in [5, 5.41) is 8.40. The van der Waals surface area contributed by atoms with Crippen molar-refractivity contribution in [1.29, 1.82) is 11.1 Å². The molecular weight excluding hydrogens is 262 g/mol. The quantitative estimate of drug-likeness (QED) is 0.469. The number of aromatic nitrogens is 3. The Balaban J connectivity index is 0. The molecule has 0 aliphatic carbocycles. The molecule has 124 valence electrons. The van der Waals surface area contributed by atoms with Crippen LogP contribution in [-0.2, 0) is 13.0 Å². The van der Waals surface area contributed by atoms with E-state index in [0.717, 1.165) is 24.6 Å². The number of hydrogen-bond donors (Lipinski definition) is 2. The van der Waals surface area contributed by atoms with E-state index in [4.69, 9.17) is 11.1 Å². The van der Waals surface area contributed by atoms with Crippen molar-refractivity contribution in [2.75, 3.05) is 0 Å². The summed E-state index contributed by atoms with van der Waals surface area (Å²) >= 11 is 0. The molecule has 0 aliphatic heterocycles. The Hall–Kier alpha value is -1.26. The van der Waals surface area contributed by atoms with Gasteiger partial charge >= 0.3 is 0 Å². The number of unbranched alkanes of at least 4 members (excludes halogenated alkanes) is 3. The number of hydrogen-bond acceptors (Lipinski definition) is 4. The van der Waals surface area contributed by atoms with E-state index < -0.39 is 0 Å². The minimum absolute atomic E-state index is 0.784. The molecule has 0 amide bonds. The molecule has 0 atom stereocenters. The van der Waals surface area contributed by atoms with Gasteiger partial charge in [0.05, 0.1) is 5.69 Å². The van der Waals surface area contributed by atoms with Gasteiger partial charge in [-0.1, -0.05) is 59.1 Å². The molecule has 1 rings (SSSR count). The molecule has 0 radical (unpaired) electrons. The van der Waals surface area contributed by atoms with Crippen LogP contribution in [0, 0.1) is 17.0 Å². The Bertz CT molecular complexity index is 309. The highest BCUT2D eigenvalue weighted by Gasteiger charge is 2.01. The van der Waals surface area contributed by atoms with Crippen LogP contribution in [-0.4, -0.2) is 15.0 Å². The van der Waals surface area contributed by atoms with Gasteiger partial charge < -0.3 is 0 Å². The Morgan fingerprint density at radius 1 is 1.10 bits per heavy atom. The number of rotatable bonds is 9. The first-order valence-corrected chi connectivity index (χ1v) is 8.36. The van der Waals surface area contributed by atoms with Crippen molar-refractivity contribution in [1.82, 2.24) is 15.0 Å². The van der Waals surface area contributed by atoms with Crippen molar-refractivity contribution in [3.05, 3.63) is 11.9 Å². The Labute approximate surface area is 130 Å². The van der Waals surface area contributed by atoms with Gasteiger partial charge in [-0.3, -0.25) is 4.68 Å². The molecule has 0 spiro atoms. The van der Waals surface area contributed by atoms with E-state index >= 15 is 0 Å². The molecule has 0 unspecified atom stereocenters. The first kappa shape index (κ1) is 22.0. The lowest BCUT2D eigenvalue weighted by molar-refractivity contribution is 0.482. The molecule has 1 aromatic heterocycles. The van der Waals surface area contributed by atoms with E-state index in [1.165, 1.54) is 38.5 Å². The SMILES string of the molecule is CC.CCCCCCc1cn(CCCC(C)C)nn1.N=N. The third kappa shape index (κ3) is 13.5. The molecule has 0 fully saturated rings. The summed E-state index contributed by atoms with van der Waals surface area (Å²) in [4.78, 5) is 0. The van der Waals surface area contributed by atoms with Crippen molar-refractivity contribution < 1.29 is 0 Å². The molecule has 0 saturated carbocycles. The topological polar surface area (TPSA) is 78.4 Å². The molecule has 0 aromatic carbocycles. The summed E-state index contributed by atoms with van der Waals surface area (Å²) in [6.45, 7) is 11.8. The monoisotopic (exact) mass is 297 g/mol. The van der Waals surface area contributed by atoms with E-state index in [0.29, 0.717) is 0 Å². The van der Waals surface area contributed by atoms with E-state index in [1.54, 1.807) is 0 Å². The van der Waals surface area contributed by atoms with Crippen molar-refractivity contribution in [2.45, 2.75) is 86.1 Å². The zero-order valence-electron chi connectivity index (χ0n) is 14.7. The lowest BCUT2D eigenvalue weighted by Crippen LogP contribution is -2.00. The third-order valence-electron chi connectivity index (χ3n) is 3.04. The van der Waals surface area contributed by atoms with Crippen LogP contribution in [0.25, 0.3) is 0 Å². The lowest BCUT2D eigenvalue weighted by Gasteiger charge is -2.03. The molecule has 1 aromatic rings. The highest BCUT2D eigenvalue weighted by atomic mass is 15.4. The number of aryl methyl sites for hydroxylation is 2. The Morgan fingerprint density at radius 2 is 1.76 bits per heavy atom. The lowest BCUT2D eigenvalue weighted by atomic mass is 10.1. The Kier molecular flexibility index (Phi) is 17.6. The van der Waals surface area contributed by atoms with Crippen LogP contribution in [0.5, 0.6) is 0 Å². The van der Waals surface area contributed by atoms with E-state index in [1.807, 2.05) is 18.5 Å². The van der Waals surface area contributed by atoms with E-state index in [9.17, 15) is 0 Å². The highest BCUT2D eigenvalue weighted by Crippen LogP contribution is 2.07. The maximum atomic E-state index is 5.00. The molecule has 5 heteroatoms. The van der Waals surface area contributed by atoms with Gasteiger partial charge in [-0.25, -0.2) is 11.1 Å². The maximum absolute atomic E-state index is 5.00. The molecule has 2 N–H and O–H groups in total. The summed E-state index contributed by atoms with van der Waals surface area (Å²) < 4.78 is 2.00. The fourth-order valence-electron chi connectivity index (χ4n) is 1.96. The zero-order chi connectivity index (χ0) is 16.5. The number of nitrogens with one attached hydrogen (secondary N) is 2. The standard InChI is InChI=1S/C14H27N3.C2H6.H2N2/c1-4-5-6-7-10-14-12-17(16-15-14)11-8-9-13(2)3;2*1-2/h12-13H,4-11H2,1-3H3;1-2H3;1-2H. The van der Waals surface area contributed by atoms with Crippen LogP contribution in [0.3, 0.4) is 0 Å². The average molecular weight is 297 g/mol. The van der Waals surface area contributed by atoms with Crippen LogP contribution in [0.15, 0.2) is 6.20 Å². The minimum atomic E-state index is 0.784. The van der Waals surface area contributed by atoms with E-state index in [2.05, 4.69) is 37.3 Å². The minimum Gasteiger partial charge on any atom is -0.252 e. The second-order valence-electron chi connectivity index (χ2n) is 5.32. The predicted octanol–water partition coefficient (Wildman–Crippen LogP) is 5.46. The average Bonchev–Trinajstić information content (AvgIpc) is 2.95. The molecular formula is C16H35N5. The fraction of sp³-hybridized carbons (Fsp3) is 0.875. The van der Waals surface area contributed by atoms with Crippen LogP contribution >= 0.6 is 0 Å². The van der Waals surface area contributed by atoms with Crippen LogP contribution < -0.4 is 0 Å². The first-order valence-electron chi connectivity index (χ1n) is 8.36. The summed E-state index contributed by atoms with van der Waals surface area (Å²) in [5.41, 5.74) is 11.2. The van der Waals surface area contributed by atoms with Gasteiger partial charge in [0.2, 0.25) is 0 Å². The molecule has 0 bridgehead atoms. The van der Waals surface area contributed by atoms with Crippen LogP contribution in [0.4, 0.5) is 0 Å². The smallest absolute Gasteiger partial charge is 0.0827 e. The summed E-state index contributed by atoms with van der Waals surface area (Å²) in [7, 11) is 0. The second kappa shape index (κ2) is 16.8. The van der Waals surface area contributed by atoms with Gasteiger partial charge in [0.25, 0.3) is 0 Å². The van der Waals surface area contributed by atoms with Crippen LogP contribution in [0.1, 0.15) is 78.8 Å². The molecule has 0 aliphatic rings. The van der Waals surface area contributed by atoms with Gasteiger partial charge in [-0.2, -0.15) is 0 Å². The van der Waals surface area contributed by atoms with Crippen molar-refractivity contribution >= 4 is 0 Å². The van der Waals surface area contributed by atoms with Gasteiger partial charge in [-0.05, 0) is 31.6 Å². The normalized spacial score (nSPS) is 9.62. The molecule has 0 saturated heterocycles. The third-order valence-corrected chi connectivity index (χ3v) is 3.04. The highest BCUT2D eigenvalue weighted by molar-refractivity contribution is 4.92. The largest absolute Gasteiger partial charge is 0.252 e. The van der Waals surface area contributed by atoms with Gasteiger partial charge in [0, 0.05) is 12.7 Å². The van der Waals surface area contributed by atoms with Crippen molar-refractivity contribution in [3.8, 4) is 0 Å². The van der Waals surface area contributed by atoms with E-state index in [-0.39, 0.29) is 0 Å². The molecule has 5 nitrogen and oxygen atoms in total. The van der Waals surface area contributed by atoms with Gasteiger partial charge in [0.1, 0.15) is 0 Å². The van der Waals surface area contributed by atoms with Crippen molar-refractivity contribution in [3.63, 3.8) is 0 Å². The first-order chi connectivity index (χ1) is 10.2. The summed E-state index contributed by atoms with van der Waals surface area (Å²) in [5.74, 6) is 0.784. The molecule has 21 heavy (non-hydrogen) atoms. The summed E-state index contributed by atoms with van der Waals surface area (Å²) in [6, 6.07) is 0. The predicted molar refractivity (Wildman–Crippen MR) is 88.7 cm³/mol. The van der Waals surface area contributed by atoms with Crippen LogP contribution in [0.2, 0.25) is 0 Å². The Morgan fingerprint density at radius 3 is 2.33 bits per heavy atom. The second-order valence-corrected chi connectivity index (χ2v) is 5.32. The summed E-state index contributed by atoms with van der Waals surface area (Å²) in [6.07, 6.45) is 10.9. The maximum Gasteiger partial charge on any atom is 0.0827 e. The van der Waals surface area contributed by atoms with Crippen molar-refractivity contribution in [2.24, 2.45) is 5.92 Å².